The summed E-state index contributed by atoms with van der Waals surface area (Å²) in [7, 11) is 3.20. The van der Waals surface area contributed by atoms with Crippen molar-refractivity contribution < 1.29 is 9.47 Å². The molecule has 5 nitrogen and oxygen atoms in total. The number of amidine groups is 1. The first kappa shape index (κ1) is 12.8. The van der Waals surface area contributed by atoms with Crippen LogP contribution in [-0.2, 0) is 6.54 Å². The largest absolute Gasteiger partial charge is 0.497 e. The second kappa shape index (κ2) is 6.38. The van der Waals surface area contributed by atoms with Gasteiger partial charge in [0.2, 0.25) is 0 Å². The Bertz CT molecular complexity index is 450. The minimum atomic E-state index is 0.452. The minimum Gasteiger partial charge on any atom is -0.497 e. The van der Waals surface area contributed by atoms with Crippen molar-refractivity contribution in [3.8, 4) is 17.7 Å². The van der Waals surface area contributed by atoms with Crippen LogP contribution < -0.4 is 14.8 Å². The number of methoxy groups -OCH3 is 2. The number of aliphatic imine (C=N–C) groups is 1. The molecule has 0 unspecified atom stereocenters. The lowest BCUT2D eigenvalue weighted by Crippen LogP contribution is -2.13. The average molecular weight is 233 g/mol. The van der Waals surface area contributed by atoms with E-state index in [1.807, 2.05) is 18.3 Å². The summed E-state index contributed by atoms with van der Waals surface area (Å²) in [5.74, 6) is 2.03. The van der Waals surface area contributed by atoms with Crippen LogP contribution in [0.2, 0.25) is 0 Å². The number of nitrogens with zero attached hydrogens (tertiary/aromatic N) is 2. The average Bonchev–Trinajstić information content (AvgIpc) is 2.36. The lowest BCUT2D eigenvalue weighted by atomic mass is 10.2. The van der Waals surface area contributed by atoms with Gasteiger partial charge in [0.1, 0.15) is 17.3 Å². The second-order valence-electron chi connectivity index (χ2n) is 3.32. The van der Waals surface area contributed by atoms with Crippen LogP contribution in [0.15, 0.2) is 23.2 Å². The highest BCUT2D eigenvalue weighted by atomic mass is 16.5. The molecule has 0 aliphatic rings. The molecule has 1 N–H and O–H groups in total. The van der Waals surface area contributed by atoms with E-state index in [1.165, 1.54) is 0 Å². The molecule has 5 heteroatoms. The molecule has 0 aliphatic heterocycles. The molecule has 1 rings (SSSR count). The molecule has 0 atom stereocenters. The number of nitrogens with one attached hydrogen (secondary N) is 1. The first-order chi connectivity index (χ1) is 8.21. The Balaban J connectivity index is 2.84. The molecule has 0 saturated carbocycles. The van der Waals surface area contributed by atoms with Gasteiger partial charge in [-0.1, -0.05) is 0 Å². The first-order valence-corrected chi connectivity index (χ1v) is 5.08. The van der Waals surface area contributed by atoms with E-state index in [9.17, 15) is 0 Å². The molecular weight excluding hydrogens is 218 g/mol. The van der Waals surface area contributed by atoms with Crippen molar-refractivity contribution in [2.75, 3.05) is 14.2 Å². The standard InChI is InChI=1S/C12H15N3O2/c1-9(15-8-13)14-7-10-4-5-11(16-2)6-12(10)17-3/h4-6H,7H2,1-3H3,(H,14,15). The highest BCUT2D eigenvalue weighted by Gasteiger charge is 2.04. The molecule has 0 aliphatic carbocycles. The van der Waals surface area contributed by atoms with Gasteiger partial charge in [0.15, 0.2) is 6.19 Å². The molecule has 0 spiro atoms. The fraction of sp³-hybridized carbons (Fsp3) is 0.333. The van der Waals surface area contributed by atoms with E-state index >= 15 is 0 Å². The van der Waals surface area contributed by atoms with Crippen molar-refractivity contribution in [2.45, 2.75) is 13.5 Å². The van der Waals surface area contributed by atoms with Crippen LogP contribution in [0, 0.1) is 11.5 Å². The Morgan fingerprint density at radius 2 is 2.18 bits per heavy atom. The molecule has 17 heavy (non-hydrogen) atoms. The predicted octanol–water partition coefficient (Wildman–Crippen LogP) is 1.69. The Hall–Kier alpha value is -2.22. The van der Waals surface area contributed by atoms with E-state index in [4.69, 9.17) is 14.7 Å². The molecule has 1 aromatic rings. The molecule has 0 aromatic heterocycles. The normalized spacial score (nSPS) is 10.6. The summed E-state index contributed by atoms with van der Waals surface area (Å²) >= 11 is 0. The Labute approximate surface area is 101 Å². The molecule has 1 aromatic carbocycles. The minimum absolute atomic E-state index is 0.452. The van der Waals surface area contributed by atoms with Crippen LogP contribution in [-0.4, -0.2) is 20.1 Å². The fourth-order valence-corrected chi connectivity index (χ4v) is 1.31. The maximum atomic E-state index is 8.42. The van der Waals surface area contributed by atoms with E-state index in [0.29, 0.717) is 12.4 Å². The van der Waals surface area contributed by atoms with Gasteiger partial charge in [-0.05, 0) is 19.1 Å². The van der Waals surface area contributed by atoms with Gasteiger partial charge in [-0.3, -0.25) is 10.3 Å². The summed E-state index contributed by atoms with van der Waals surface area (Å²) in [6.45, 7) is 2.19. The summed E-state index contributed by atoms with van der Waals surface area (Å²) in [5.41, 5.74) is 0.937. The van der Waals surface area contributed by atoms with Crippen LogP contribution >= 0.6 is 0 Å². The lowest BCUT2D eigenvalue weighted by Gasteiger charge is -2.08. The van der Waals surface area contributed by atoms with Gasteiger partial charge in [0, 0.05) is 11.6 Å². The van der Waals surface area contributed by atoms with Gasteiger partial charge in [-0.15, -0.1) is 0 Å². The smallest absolute Gasteiger partial charge is 0.182 e. The zero-order valence-electron chi connectivity index (χ0n) is 10.2. The van der Waals surface area contributed by atoms with E-state index in [-0.39, 0.29) is 0 Å². The third-order valence-electron chi connectivity index (χ3n) is 2.22. The summed E-state index contributed by atoms with van der Waals surface area (Å²) in [4.78, 5) is 4.21. The summed E-state index contributed by atoms with van der Waals surface area (Å²) in [6.07, 6.45) is 1.82. The predicted molar refractivity (Wildman–Crippen MR) is 65.1 cm³/mol. The lowest BCUT2D eigenvalue weighted by molar-refractivity contribution is 0.391. The highest BCUT2D eigenvalue weighted by Crippen LogP contribution is 2.24. The van der Waals surface area contributed by atoms with Gasteiger partial charge in [0.25, 0.3) is 0 Å². The maximum absolute atomic E-state index is 8.42. The highest BCUT2D eigenvalue weighted by molar-refractivity contribution is 5.80. The maximum Gasteiger partial charge on any atom is 0.182 e. The van der Waals surface area contributed by atoms with Crippen molar-refractivity contribution >= 4 is 5.84 Å². The van der Waals surface area contributed by atoms with Crippen LogP contribution in [0.25, 0.3) is 0 Å². The van der Waals surface area contributed by atoms with Crippen molar-refractivity contribution in [1.82, 2.24) is 5.32 Å². The molecule has 0 radical (unpaired) electrons. The molecule has 0 saturated heterocycles. The Kier molecular flexibility index (Phi) is 4.82. The van der Waals surface area contributed by atoms with Crippen LogP contribution in [0.5, 0.6) is 11.5 Å². The molecule has 90 valence electrons. The number of hydrogen-bond donors (Lipinski definition) is 1. The number of rotatable bonds is 4. The number of hydrogen-bond acceptors (Lipinski definition) is 4. The van der Waals surface area contributed by atoms with Gasteiger partial charge >= 0.3 is 0 Å². The molecule has 0 fully saturated rings. The summed E-state index contributed by atoms with van der Waals surface area (Å²) in [6, 6.07) is 5.54. The Morgan fingerprint density at radius 3 is 2.76 bits per heavy atom. The SMILES string of the molecule is COc1ccc(CN=C(C)NC#N)c(OC)c1. The van der Waals surface area contributed by atoms with Crippen LogP contribution in [0.1, 0.15) is 12.5 Å². The zero-order valence-corrected chi connectivity index (χ0v) is 10.2. The Morgan fingerprint density at radius 1 is 1.41 bits per heavy atom. The van der Waals surface area contributed by atoms with Crippen LogP contribution in [0.4, 0.5) is 0 Å². The molecule has 0 amide bonds. The second-order valence-corrected chi connectivity index (χ2v) is 3.32. The van der Waals surface area contributed by atoms with Crippen molar-refractivity contribution in [3.63, 3.8) is 0 Å². The molecular formula is C12H15N3O2. The van der Waals surface area contributed by atoms with E-state index in [2.05, 4.69) is 10.3 Å². The number of nitriles is 1. The van der Waals surface area contributed by atoms with E-state index < -0.39 is 0 Å². The monoisotopic (exact) mass is 233 g/mol. The van der Waals surface area contributed by atoms with Gasteiger partial charge in [-0.2, -0.15) is 5.26 Å². The first-order valence-electron chi connectivity index (χ1n) is 5.08. The third kappa shape index (κ3) is 3.68. The van der Waals surface area contributed by atoms with Crippen molar-refractivity contribution in [1.29, 1.82) is 5.26 Å². The van der Waals surface area contributed by atoms with Gasteiger partial charge in [0.05, 0.1) is 20.8 Å². The van der Waals surface area contributed by atoms with Crippen molar-refractivity contribution in [2.24, 2.45) is 4.99 Å². The third-order valence-corrected chi connectivity index (χ3v) is 2.22. The van der Waals surface area contributed by atoms with E-state index in [0.717, 1.165) is 17.1 Å². The summed E-state index contributed by atoms with van der Waals surface area (Å²) < 4.78 is 10.4. The van der Waals surface area contributed by atoms with Gasteiger partial charge in [-0.25, -0.2) is 0 Å². The zero-order chi connectivity index (χ0) is 12.7. The topological polar surface area (TPSA) is 66.6 Å². The summed E-state index contributed by atoms with van der Waals surface area (Å²) in [5, 5.41) is 10.9. The van der Waals surface area contributed by atoms with E-state index in [1.54, 1.807) is 27.2 Å². The number of ether oxygens (including phenoxy) is 2. The molecule has 0 heterocycles. The quantitative estimate of drug-likeness (QED) is 0.372. The van der Waals surface area contributed by atoms with Crippen LogP contribution in [0.3, 0.4) is 0 Å². The van der Waals surface area contributed by atoms with Gasteiger partial charge < -0.3 is 9.47 Å². The molecule has 0 bridgehead atoms. The number of benzene rings is 1. The fourth-order valence-electron chi connectivity index (χ4n) is 1.31. The van der Waals surface area contributed by atoms with Crippen molar-refractivity contribution in [3.05, 3.63) is 23.8 Å².